The number of nitrogens with zero attached hydrogens (tertiary/aromatic N) is 3. The van der Waals surface area contributed by atoms with Gasteiger partial charge in [-0.15, -0.1) is 0 Å². The largest absolute Gasteiger partial charge is 0.444 e. The third-order valence-electron chi connectivity index (χ3n) is 3.86. The maximum absolute atomic E-state index is 12.2. The average Bonchev–Trinajstić information content (AvgIpc) is 2.96. The molecule has 3 heterocycles. The third-order valence-corrected chi connectivity index (χ3v) is 4.30. The fourth-order valence-electron chi connectivity index (χ4n) is 3.05. The first-order chi connectivity index (χ1) is 9.83. The van der Waals surface area contributed by atoms with Gasteiger partial charge >= 0.3 is 6.09 Å². The third kappa shape index (κ3) is 3.00. The van der Waals surface area contributed by atoms with Gasteiger partial charge in [0.25, 0.3) is 0 Å². The minimum absolute atomic E-state index is 0.197. The SMILES string of the molecule is CC(C)(C)OC(=O)N1C[C@@H]2C[C@H]1CN2c1cccc(Br)n1. The zero-order valence-corrected chi connectivity index (χ0v) is 14.1. The lowest BCUT2D eigenvalue weighted by Crippen LogP contribution is -2.50. The monoisotopic (exact) mass is 353 g/mol. The fraction of sp³-hybridized carbons (Fsp3) is 0.600. The number of aromatic nitrogens is 1. The molecule has 0 spiro atoms. The molecule has 2 saturated heterocycles. The molecule has 5 nitrogen and oxygen atoms in total. The molecule has 21 heavy (non-hydrogen) atoms. The van der Waals surface area contributed by atoms with Gasteiger partial charge in [0, 0.05) is 13.1 Å². The smallest absolute Gasteiger partial charge is 0.410 e. The number of fused-ring (bicyclic) bond motifs is 2. The zero-order chi connectivity index (χ0) is 15.2. The van der Waals surface area contributed by atoms with E-state index in [1.54, 1.807) is 0 Å². The topological polar surface area (TPSA) is 45.7 Å². The number of hydrogen-bond donors (Lipinski definition) is 0. The molecule has 0 unspecified atom stereocenters. The normalized spacial score (nSPS) is 24.6. The van der Waals surface area contributed by atoms with Crippen LogP contribution in [-0.2, 0) is 4.74 Å². The Balaban J connectivity index is 1.68. The highest BCUT2D eigenvalue weighted by Gasteiger charge is 2.46. The van der Waals surface area contributed by atoms with Gasteiger partial charge in [0.15, 0.2) is 0 Å². The van der Waals surface area contributed by atoms with Gasteiger partial charge in [-0.05, 0) is 55.3 Å². The summed E-state index contributed by atoms with van der Waals surface area (Å²) in [6.45, 7) is 7.24. The first-order valence-corrected chi connectivity index (χ1v) is 8.01. The number of pyridine rings is 1. The molecule has 1 aromatic rings. The second kappa shape index (κ2) is 5.16. The molecule has 0 radical (unpaired) electrons. The number of halogens is 1. The number of carbonyl (C=O) groups is 1. The van der Waals surface area contributed by atoms with Crippen LogP contribution < -0.4 is 4.90 Å². The average molecular weight is 354 g/mol. The molecule has 1 aromatic heterocycles. The Kier molecular flexibility index (Phi) is 3.59. The van der Waals surface area contributed by atoms with Crippen LogP contribution in [0.4, 0.5) is 10.6 Å². The summed E-state index contributed by atoms with van der Waals surface area (Å²) in [6.07, 6.45) is 0.796. The van der Waals surface area contributed by atoms with Crippen LogP contribution in [0.3, 0.4) is 0 Å². The predicted molar refractivity (Wildman–Crippen MR) is 84.4 cm³/mol. The summed E-state index contributed by atoms with van der Waals surface area (Å²) < 4.78 is 6.32. The van der Waals surface area contributed by atoms with Crippen LogP contribution in [-0.4, -0.2) is 46.8 Å². The van der Waals surface area contributed by atoms with E-state index in [2.05, 4.69) is 25.8 Å². The van der Waals surface area contributed by atoms with E-state index < -0.39 is 5.60 Å². The molecule has 6 heteroatoms. The number of anilines is 1. The summed E-state index contributed by atoms with van der Waals surface area (Å²) in [7, 11) is 0. The van der Waals surface area contributed by atoms with Crippen molar-refractivity contribution in [1.29, 1.82) is 0 Å². The van der Waals surface area contributed by atoms with E-state index in [0.717, 1.165) is 23.4 Å². The van der Waals surface area contributed by atoms with Gasteiger partial charge in [-0.3, -0.25) is 0 Å². The van der Waals surface area contributed by atoms with Gasteiger partial charge in [0.2, 0.25) is 0 Å². The lowest BCUT2D eigenvalue weighted by atomic mass is 10.2. The Hall–Kier alpha value is -1.30. The second-order valence-corrected chi connectivity index (χ2v) is 7.46. The van der Waals surface area contributed by atoms with Crippen molar-refractivity contribution in [3.05, 3.63) is 22.8 Å². The summed E-state index contributed by atoms with van der Waals surface area (Å²) in [4.78, 5) is 20.9. The molecule has 2 atom stereocenters. The van der Waals surface area contributed by atoms with Crippen LogP contribution in [0.2, 0.25) is 0 Å². The van der Waals surface area contributed by atoms with E-state index in [1.165, 1.54) is 0 Å². The van der Waals surface area contributed by atoms with Gasteiger partial charge in [-0.1, -0.05) is 6.07 Å². The number of ether oxygens (including phenoxy) is 1. The highest BCUT2D eigenvalue weighted by molar-refractivity contribution is 9.10. The first-order valence-electron chi connectivity index (χ1n) is 7.22. The van der Waals surface area contributed by atoms with Crippen molar-refractivity contribution in [1.82, 2.24) is 9.88 Å². The van der Waals surface area contributed by atoms with Crippen molar-refractivity contribution in [2.45, 2.75) is 44.9 Å². The van der Waals surface area contributed by atoms with Crippen LogP contribution in [0, 0.1) is 0 Å². The van der Waals surface area contributed by atoms with E-state index in [0.29, 0.717) is 12.6 Å². The van der Waals surface area contributed by atoms with E-state index in [1.807, 2.05) is 43.9 Å². The zero-order valence-electron chi connectivity index (χ0n) is 12.5. The Morgan fingerprint density at radius 3 is 2.67 bits per heavy atom. The van der Waals surface area contributed by atoms with E-state index >= 15 is 0 Å². The molecule has 114 valence electrons. The van der Waals surface area contributed by atoms with Crippen LogP contribution in [0.5, 0.6) is 0 Å². The number of carbonyl (C=O) groups excluding carboxylic acids is 1. The van der Waals surface area contributed by atoms with Gasteiger partial charge in [0.1, 0.15) is 16.0 Å². The van der Waals surface area contributed by atoms with Crippen molar-refractivity contribution >= 4 is 27.8 Å². The van der Waals surface area contributed by atoms with Crippen molar-refractivity contribution in [3.8, 4) is 0 Å². The summed E-state index contributed by atoms with van der Waals surface area (Å²) in [5, 5.41) is 0. The number of likely N-dealkylation sites (tertiary alicyclic amines) is 1. The number of amides is 1. The molecule has 0 N–H and O–H groups in total. The van der Waals surface area contributed by atoms with Crippen LogP contribution in [0.1, 0.15) is 27.2 Å². The summed E-state index contributed by atoms with van der Waals surface area (Å²) >= 11 is 3.41. The van der Waals surface area contributed by atoms with Gasteiger partial charge in [-0.2, -0.15) is 0 Å². The predicted octanol–water partition coefficient (Wildman–Crippen LogP) is 3.04. The minimum atomic E-state index is -0.440. The Bertz CT molecular complexity index is 558. The van der Waals surface area contributed by atoms with Gasteiger partial charge in [-0.25, -0.2) is 9.78 Å². The van der Waals surface area contributed by atoms with Crippen molar-refractivity contribution in [2.24, 2.45) is 0 Å². The minimum Gasteiger partial charge on any atom is -0.444 e. The molecule has 3 rings (SSSR count). The molecular weight excluding hydrogens is 334 g/mol. The number of piperazine rings is 1. The molecular formula is C15H20BrN3O2. The molecule has 1 amide bonds. The van der Waals surface area contributed by atoms with E-state index in [4.69, 9.17) is 4.74 Å². The summed E-state index contributed by atoms with van der Waals surface area (Å²) in [6, 6.07) is 6.49. The van der Waals surface area contributed by atoms with Crippen LogP contribution >= 0.6 is 15.9 Å². The first kappa shape index (κ1) is 14.6. The highest BCUT2D eigenvalue weighted by Crippen LogP contribution is 2.34. The summed E-state index contributed by atoms with van der Waals surface area (Å²) in [5.41, 5.74) is -0.440. The molecule has 2 aliphatic heterocycles. The molecule has 0 aliphatic carbocycles. The van der Waals surface area contributed by atoms with Gasteiger partial charge in [0.05, 0.1) is 12.1 Å². The van der Waals surface area contributed by atoms with Crippen LogP contribution in [0.15, 0.2) is 22.8 Å². The maximum Gasteiger partial charge on any atom is 0.410 e. The molecule has 2 aliphatic rings. The van der Waals surface area contributed by atoms with Crippen LogP contribution in [0.25, 0.3) is 0 Å². The quantitative estimate of drug-likeness (QED) is 0.728. The van der Waals surface area contributed by atoms with Crippen molar-refractivity contribution in [3.63, 3.8) is 0 Å². The van der Waals surface area contributed by atoms with Gasteiger partial charge < -0.3 is 14.5 Å². The Labute approximate surface area is 133 Å². The van der Waals surface area contributed by atoms with Crippen molar-refractivity contribution in [2.75, 3.05) is 18.0 Å². The molecule has 2 fully saturated rings. The van der Waals surface area contributed by atoms with E-state index in [9.17, 15) is 4.79 Å². The lowest BCUT2D eigenvalue weighted by Gasteiger charge is -2.35. The maximum atomic E-state index is 12.2. The van der Waals surface area contributed by atoms with E-state index in [-0.39, 0.29) is 12.1 Å². The molecule has 0 saturated carbocycles. The summed E-state index contributed by atoms with van der Waals surface area (Å²) in [5.74, 6) is 0.973. The fourth-order valence-corrected chi connectivity index (χ4v) is 3.38. The lowest BCUT2D eigenvalue weighted by molar-refractivity contribution is 0.0214. The molecule has 2 bridgehead atoms. The Morgan fingerprint density at radius 1 is 1.33 bits per heavy atom. The number of hydrogen-bond acceptors (Lipinski definition) is 4. The number of rotatable bonds is 1. The standard InChI is InChI=1S/C15H20BrN3O2/c1-15(2,3)21-14(20)19-9-10-7-11(19)8-18(10)13-6-4-5-12(16)17-13/h4-6,10-11H,7-9H2,1-3H3/t10-,11-/m0/s1. The highest BCUT2D eigenvalue weighted by atomic mass is 79.9. The Morgan fingerprint density at radius 2 is 2.10 bits per heavy atom. The molecule has 0 aromatic carbocycles. The van der Waals surface area contributed by atoms with Crippen molar-refractivity contribution < 1.29 is 9.53 Å². The second-order valence-electron chi connectivity index (χ2n) is 6.65.